The molecule has 0 saturated carbocycles. The van der Waals surface area contributed by atoms with Crippen LogP contribution in [0.2, 0.25) is 0 Å². The van der Waals surface area contributed by atoms with Gasteiger partial charge in [-0.05, 0) is 33.0 Å². The second kappa shape index (κ2) is 6.25. The van der Waals surface area contributed by atoms with E-state index in [1.54, 1.807) is 0 Å². The molecular formula is C13H19NO. The first-order valence-electron chi connectivity index (χ1n) is 5.22. The van der Waals surface area contributed by atoms with Gasteiger partial charge in [-0.3, -0.25) is 0 Å². The highest BCUT2D eigenvalue weighted by atomic mass is 16.5. The van der Waals surface area contributed by atoms with E-state index in [9.17, 15) is 0 Å². The Labute approximate surface area is 92.0 Å². The summed E-state index contributed by atoms with van der Waals surface area (Å²) in [5.41, 5.74) is 1.30. The van der Waals surface area contributed by atoms with Crippen LogP contribution in [0.4, 0.5) is 0 Å². The van der Waals surface area contributed by atoms with E-state index in [4.69, 9.17) is 4.74 Å². The van der Waals surface area contributed by atoms with Crippen molar-refractivity contribution in [3.63, 3.8) is 0 Å². The van der Waals surface area contributed by atoms with E-state index in [1.165, 1.54) is 5.57 Å². The van der Waals surface area contributed by atoms with Crippen molar-refractivity contribution >= 4 is 0 Å². The topological polar surface area (TPSA) is 21.3 Å². The molecule has 0 saturated heterocycles. The predicted molar refractivity (Wildman–Crippen MR) is 64.2 cm³/mol. The van der Waals surface area contributed by atoms with Gasteiger partial charge in [0.25, 0.3) is 0 Å². The fourth-order valence-corrected chi connectivity index (χ4v) is 1.32. The number of hydrogen-bond acceptors (Lipinski definition) is 2. The molecule has 1 atom stereocenters. The first-order chi connectivity index (χ1) is 7.22. The summed E-state index contributed by atoms with van der Waals surface area (Å²) in [4.78, 5) is 0. The van der Waals surface area contributed by atoms with E-state index in [1.807, 2.05) is 37.4 Å². The minimum Gasteiger partial charge on any atom is -0.492 e. The van der Waals surface area contributed by atoms with Crippen molar-refractivity contribution in [2.24, 2.45) is 0 Å². The smallest absolute Gasteiger partial charge is 0.119 e. The monoisotopic (exact) mass is 205 g/mol. The molecule has 0 spiro atoms. The van der Waals surface area contributed by atoms with Crippen molar-refractivity contribution in [1.29, 1.82) is 0 Å². The van der Waals surface area contributed by atoms with E-state index >= 15 is 0 Å². The van der Waals surface area contributed by atoms with Crippen LogP contribution in [-0.4, -0.2) is 19.7 Å². The lowest BCUT2D eigenvalue weighted by molar-refractivity contribution is 0.292. The summed E-state index contributed by atoms with van der Waals surface area (Å²) >= 11 is 0. The van der Waals surface area contributed by atoms with Gasteiger partial charge in [-0.1, -0.05) is 29.8 Å². The Morgan fingerprint density at radius 3 is 2.53 bits per heavy atom. The van der Waals surface area contributed by atoms with Crippen LogP contribution in [0.3, 0.4) is 0 Å². The molecule has 0 fully saturated rings. The first kappa shape index (κ1) is 11.8. The SMILES string of the molecule is CNC(C=C(C)C)COc1ccccc1. The lowest BCUT2D eigenvalue weighted by Crippen LogP contribution is -2.29. The van der Waals surface area contributed by atoms with Crippen LogP contribution < -0.4 is 10.1 Å². The second-order valence-corrected chi connectivity index (χ2v) is 3.76. The lowest BCUT2D eigenvalue weighted by Gasteiger charge is -2.13. The number of allylic oxidation sites excluding steroid dienone is 1. The molecule has 1 N–H and O–H groups in total. The van der Waals surface area contributed by atoms with Gasteiger partial charge >= 0.3 is 0 Å². The Kier molecular flexibility index (Phi) is 4.91. The van der Waals surface area contributed by atoms with Crippen molar-refractivity contribution < 1.29 is 4.74 Å². The number of hydrogen-bond donors (Lipinski definition) is 1. The third kappa shape index (κ3) is 4.66. The highest BCUT2D eigenvalue weighted by Crippen LogP contribution is 2.08. The van der Waals surface area contributed by atoms with E-state index in [-0.39, 0.29) is 6.04 Å². The second-order valence-electron chi connectivity index (χ2n) is 3.76. The fraction of sp³-hybridized carbons (Fsp3) is 0.385. The van der Waals surface area contributed by atoms with Gasteiger partial charge in [-0.2, -0.15) is 0 Å². The van der Waals surface area contributed by atoms with Crippen LogP contribution in [-0.2, 0) is 0 Å². The van der Waals surface area contributed by atoms with Gasteiger partial charge in [0, 0.05) is 0 Å². The molecule has 0 aliphatic carbocycles. The summed E-state index contributed by atoms with van der Waals surface area (Å²) in [7, 11) is 1.94. The molecule has 0 aliphatic heterocycles. The van der Waals surface area contributed by atoms with E-state index in [0.717, 1.165) is 5.75 Å². The van der Waals surface area contributed by atoms with Crippen LogP contribution >= 0.6 is 0 Å². The lowest BCUT2D eigenvalue weighted by atomic mass is 10.2. The first-order valence-corrected chi connectivity index (χ1v) is 5.22. The minimum atomic E-state index is 0.273. The van der Waals surface area contributed by atoms with Gasteiger partial charge in [-0.25, -0.2) is 0 Å². The predicted octanol–water partition coefficient (Wildman–Crippen LogP) is 2.62. The van der Waals surface area contributed by atoms with Crippen molar-refractivity contribution in [2.75, 3.05) is 13.7 Å². The highest BCUT2D eigenvalue weighted by Gasteiger charge is 2.02. The average Bonchev–Trinajstić information content (AvgIpc) is 2.25. The van der Waals surface area contributed by atoms with Crippen LogP contribution in [0.25, 0.3) is 0 Å². The zero-order chi connectivity index (χ0) is 11.1. The molecule has 0 radical (unpaired) electrons. The molecule has 2 heteroatoms. The average molecular weight is 205 g/mol. The summed E-state index contributed by atoms with van der Waals surface area (Å²) in [5, 5.41) is 3.20. The Hall–Kier alpha value is -1.28. The van der Waals surface area contributed by atoms with Gasteiger partial charge in [0.05, 0.1) is 6.04 Å². The normalized spacial score (nSPS) is 11.9. The fourth-order valence-electron chi connectivity index (χ4n) is 1.32. The molecule has 15 heavy (non-hydrogen) atoms. The van der Waals surface area contributed by atoms with Crippen LogP contribution in [0.5, 0.6) is 5.75 Å². The van der Waals surface area contributed by atoms with Gasteiger partial charge < -0.3 is 10.1 Å². The van der Waals surface area contributed by atoms with Crippen LogP contribution in [0.1, 0.15) is 13.8 Å². The van der Waals surface area contributed by atoms with E-state index < -0.39 is 0 Å². The number of benzene rings is 1. The van der Waals surface area contributed by atoms with E-state index in [2.05, 4.69) is 25.2 Å². The van der Waals surface area contributed by atoms with Crippen molar-refractivity contribution in [1.82, 2.24) is 5.32 Å². The zero-order valence-electron chi connectivity index (χ0n) is 9.66. The minimum absolute atomic E-state index is 0.273. The molecule has 0 aliphatic rings. The Morgan fingerprint density at radius 2 is 2.00 bits per heavy atom. The third-order valence-electron chi connectivity index (χ3n) is 2.08. The maximum atomic E-state index is 5.65. The maximum Gasteiger partial charge on any atom is 0.119 e. The van der Waals surface area contributed by atoms with Gasteiger partial charge in [0.1, 0.15) is 12.4 Å². The molecular weight excluding hydrogens is 186 g/mol. The molecule has 1 unspecified atom stereocenters. The van der Waals surface area contributed by atoms with Crippen LogP contribution in [0.15, 0.2) is 42.0 Å². The molecule has 0 aromatic heterocycles. The number of para-hydroxylation sites is 1. The number of nitrogens with one attached hydrogen (secondary N) is 1. The molecule has 0 heterocycles. The van der Waals surface area contributed by atoms with Crippen molar-refractivity contribution in [3.05, 3.63) is 42.0 Å². The Morgan fingerprint density at radius 1 is 1.33 bits per heavy atom. The zero-order valence-corrected chi connectivity index (χ0v) is 9.66. The molecule has 82 valence electrons. The Balaban J connectivity index is 2.45. The molecule has 2 nitrogen and oxygen atoms in total. The van der Waals surface area contributed by atoms with E-state index in [0.29, 0.717) is 6.61 Å². The van der Waals surface area contributed by atoms with Gasteiger partial charge in [-0.15, -0.1) is 0 Å². The summed E-state index contributed by atoms with van der Waals surface area (Å²) in [6, 6.07) is 10.1. The molecule has 0 bridgehead atoms. The standard InChI is InChI=1S/C13H19NO/c1-11(2)9-12(14-3)10-15-13-7-5-4-6-8-13/h4-9,12,14H,10H2,1-3H3. The summed E-state index contributed by atoms with van der Waals surface area (Å²) in [6.07, 6.45) is 2.17. The quantitative estimate of drug-likeness (QED) is 0.746. The molecule has 1 aromatic carbocycles. The third-order valence-corrected chi connectivity index (χ3v) is 2.08. The highest BCUT2D eigenvalue weighted by molar-refractivity contribution is 5.21. The molecule has 1 aromatic rings. The summed E-state index contributed by atoms with van der Waals surface area (Å²) < 4.78 is 5.65. The maximum absolute atomic E-state index is 5.65. The molecule has 1 rings (SSSR count). The van der Waals surface area contributed by atoms with Crippen molar-refractivity contribution in [2.45, 2.75) is 19.9 Å². The largest absolute Gasteiger partial charge is 0.492 e. The van der Waals surface area contributed by atoms with Crippen molar-refractivity contribution in [3.8, 4) is 5.75 Å². The number of likely N-dealkylation sites (N-methyl/N-ethyl adjacent to an activating group) is 1. The summed E-state index contributed by atoms with van der Waals surface area (Å²) in [5.74, 6) is 0.917. The van der Waals surface area contributed by atoms with Crippen LogP contribution in [0, 0.1) is 0 Å². The number of ether oxygens (including phenoxy) is 1. The van der Waals surface area contributed by atoms with Gasteiger partial charge in [0.15, 0.2) is 0 Å². The number of rotatable bonds is 5. The molecule has 0 amide bonds. The Bertz CT molecular complexity index is 302. The summed E-state index contributed by atoms with van der Waals surface area (Å²) in [6.45, 7) is 4.84. The van der Waals surface area contributed by atoms with Gasteiger partial charge in [0.2, 0.25) is 0 Å².